The fourth-order valence-corrected chi connectivity index (χ4v) is 7.27. The molecule has 2 aliphatic heterocycles. The molecule has 2 fully saturated rings. The van der Waals surface area contributed by atoms with Crippen molar-refractivity contribution in [3.63, 3.8) is 0 Å². The van der Waals surface area contributed by atoms with Gasteiger partial charge in [-0.2, -0.15) is 0 Å². The van der Waals surface area contributed by atoms with Gasteiger partial charge in [-0.05, 0) is 101 Å². The number of halogens is 1. The van der Waals surface area contributed by atoms with E-state index < -0.39 is 11.9 Å². The molecule has 2 aliphatic rings. The number of aromatic nitrogens is 2. The number of hydrogen-bond donors (Lipinski definition) is 1. The minimum atomic E-state index is -0.702. The first-order chi connectivity index (χ1) is 21.4. The van der Waals surface area contributed by atoms with Gasteiger partial charge in [-0.1, -0.05) is 13.8 Å². The van der Waals surface area contributed by atoms with Gasteiger partial charge in [0.05, 0.1) is 29.1 Å². The Hall–Kier alpha value is -3.30. The second-order valence-electron chi connectivity index (χ2n) is 14.0. The molecular formula is C36H50FN5O3. The second kappa shape index (κ2) is 14.0. The summed E-state index contributed by atoms with van der Waals surface area (Å²) in [4.78, 5) is 37.0. The van der Waals surface area contributed by atoms with Crippen LogP contribution in [0.4, 0.5) is 4.39 Å². The third-order valence-electron chi connectivity index (χ3n) is 9.59. The van der Waals surface area contributed by atoms with E-state index in [9.17, 15) is 19.1 Å². The van der Waals surface area contributed by atoms with Crippen LogP contribution in [-0.4, -0.2) is 92.6 Å². The summed E-state index contributed by atoms with van der Waals surface area (Å²) in [7, 11) is 0. The van der Waals surface area contributed by atoms with Crippen molar-refractivity contribution in [2.45, 2.75) is 79.4 Å². The van der Waals surface area contributed by atoms with Crippen molar-refractivity contribution in [1.82, 2.24) is 24.3 Å². The van der Waals surface area contributed by atoms with Crippen LogP contribution in [0.2, 0.25) is 0 Å². The van der Waals surface area contributed by atoms with Gasteiger partial charge in [-0.3, -0.25) is 14.6 Å². The van der Waals surface area contributed by atoms with Crippen molar-refractivity contribution >= 4 is 22.7 Å². The Kier molecular flexibility index (Phi) is 10.3. The highest BCUT2D eigenvalue weighted by Gasteiger charge is 2.30. The summed E-state index contributed by atoms with van der Waals surface area (Å²) >= 11 is 0. The van der Waals surface area contributed by atoms with Gasteiger partial charge >= 0.3 is 0 Å². The summed E-state index contributed by atoms with van der Waals surface area (Å²) in [6.07, 6.45) is 9.31. The number of aliphatic hydroxyl groups is 1. The summed E-state index contributed by atoms with van der Waals surface area (Å²) in [5.74, 6) is 0.687. The second-order valence-corrected chi connectivity index (χ2v) is 14.0. The maximum atomic E-state index is 14.6. The Morgan fingerprint density at radius 1 is 1.04 bits per heavy atom. The van der Waals surface area contributed by atoms with Crippen LogP contribution in [0.1, 0.15) is 75.4 Å². The minimum absolute atomic E-state index is 0.0613. The quantitative estimate of drug-likeness (QED) is 0.326. The van der Waals surface area contributed by atoms with Crippen LogP contribution in [0.25, 0.3) is 16.6 Å². The first-order valence-electron chi connectivity index (χ1n) is 16.7. The Labute approximate surface area is 267 Å². The monoisotopic (exact) mass is 619 g/mol. The van der Waals surface area contributed by atoms with E-state index >= 15 is 0 Å². The van der Waals surface area contributed by atoms with Crippen molar-refractivity contribution in [1.29, 1.82) is 0 Å². The van der Waals surface area contributed by atoms with Crippen LogP contribution < -0.4 is 0 Å². The van der Waals surface area contributed by atoms with Crippen LogP contribution >= 0.6 is 0 Å². The Bertz CT molecular complexity index is 1510. The molecule has 0 bridgehead atoms. The highest BCUT2D eigenvalue weighted by molar-refractivity contribution is 5.99. The van der Waals surface area contributed by atoms with Gasteiger partial charge in [-0.25, -0.2) is 4.39 Å². The fourth-order valence-electron chi connectivity index (χ4n) is 7.27. The molecule has 9 heteroatoms. The number of piperidine rings is 1. The van der Waals surface area contributed by atoms with Crippen molar-refractivity contribution in [2.24, 2.45) is 17.8 Å². The van der Waals surface area contributed by atoms with Crippen LogP contribution in [0.15, 0.2) is 36.8 Å². The zero-order valence-corrected chi connectivity index (χ0v) is 27.8. The van der Waals surface area contributed by atoms with Gasteiger partial charge in [0, 0.05) is 62.5 Å². The lowest BCUT2D eigenvalue weighted by atomic mass is 9.95. The van der Waals surface area contributed by atoms with Crippen molar-refractivity contribution in [2.75, 3.05) is 39.3 Å². The number of carbonyl (C=O) groups excluding carboxylic acids is 2. The highest BCUT2D eigenvalue weighted by atomic mass is 19.1. The van der Waals surface area contributed by atoms with E-state index in [0.717, 1.165) is 74.9 Å². The van der Waals surface area contributed by atoms with E-state index in [0.29, 0.717) is 17.5 Å². The molecule has 2 atom stereocenters. The molecule has 0 unspecified atom stereocenters. The summed E-state index contributed by atoms with van der Waals surface area (Å²) in [5, 5.41) is 11.2. The summed E-state index contributed by atoms with van der Waals surface area (Å²) in [6.45, 7) is 16.6. The van der Waals surface area contributed by atoms with E-state index in [1.54, 1.807) is 17.9 Å². The predicted molar refractivity (Wildman–Crippen MR) is 176 cm³/mol. The molecule has 45 heavy (non-hydrogen) atoms. The number of carbonyl (C=O) groups is 2. The number of fused-ring (bicyclic) bond motifs is 1. The number of aryl methyl sites for hydroxylation is 1. The molecule has 2 amide bonds. The van der Waals surface area contributed by atoms with Gasteiger partial charge in [0.25, 0.3) is 5.91 Å². The molecule has 3 aromatic rings. The predicted octanol–water partition coefficient (Wildman–Crippen LogP) is 5.46. The molecule has 1 aromatic carbocycles. The first-order valence-corrected chi connectivity index (χ1v) is 16.7. The number of nitrogens with zero attached hydrogens (tertiary/aromatic N) is 5. The zero-order valence-electron chi connectivity index (χ0n) is 27.8. The number of likely N-dealkylation sites (tertiary alicyclic amines) is 2. The SMILES string of the molecule is Cc1cncc2c1c(C[C@@H]1CCN(CC3CCN(C(=O)C(C)C)CC3)C1)cn2-c1ccc(F)cc1C(=O)N(C[C@@H](C)O)C(C)C. The lowest BCUT2D eigenvalue weighted by Crippen LogP contribution is -2.42. The molecule has 2 saturated heterocycles. The van der Waals surface area contributed by atoms with Gasteiger partial charge in [0.2, 0.25) is 5.91 Å². The summed E-state index contributed by atoms with van der Waals surface area (Å²) < 4.78 is 16.6. The smallest absolute Gasteiger partial charge is 0.256 e. The maximum absolute atomic E-state index is 14.6. The average molecular weight is 620 g/mol. The van der Waals surface area contributed by atoms with E-state index in [2.05, 4.69) is 23.0 Å². The van der Waals surface area contributed by atoms with Crippen molar-refractivity contribution in [3.8, 4) is 5.69 Å². The van der Waals surface area contributed by atoms with E-state index in [1.165, 1.54) is 17.7 Å². The molecule has 0 saturated carbocycles. The number of hydrogen-bond acceptors (Lipinski definition) is 5. The highest BCUT2D eigenvalue weighted by Crippen LogP contribution is 2.33. The molecule has 0 aliphatic carbocycles. The third-order valence-corrected chi connectivity index (χ3v) is 9.59. The minimum Gasteiger partial charge on any atom is -0.392 e. The fraction of sp³-hybridized carbons (Fsp3) is 0.583. The van der Waals surface area contributed by atoms with Crippen molar-refractivity contribution < 1.29 is 19.1 Å². The normalized spacial score (nSPS) is 18.8. The Morgan fingerprint density at radius 2 is 1.76 bits per heavy atom. The molecule has 4 heterocycles. The van der Waals surface area contributed by atoms with Crippen LogP contribution in [0, 0.1) is 30.5 Å². The Balaban J connectivity index is 1.35. The topological polar surface area (TPSA) is 81.9 Å². The van der Waals surface area contributed by atoms with Gasteiger partial charge in [0.15, 0.2) is 0 Å². The van der Waals surface area contributed by atoms with Crippen molar-refractivity contribution in [3.05, 3.63) is 59.3 Å². The number of benzene rings is 1. The maximum Gasteiger partial charge on any atom is 0.256 e. The standard InChI is InChI=1S/C36H50FN5O3/c1-23(2)35(44)40-13-10-27(11-14-40)20-39-12-9-28(21-39)15-29-22-42(33-18-38-17-25(5)34(29)33)32-8-7-30(37)16-31(32)36(45)41(24(3)4)19-26(6)43/h7-8,16-18,22-24,26-28,43H,9-15,19-21H2,1-6H3/t26-,28+/m1/s1. The van der Waals surface area contributed by atoms with E-state index in [-0.39, 0.29) is 35.9 Å². The lowest BCUT2D eigenvalue weighted by Gasteiger charge is -2.34. The van der Waals surface area contributed by atoms with Gasteiger partial charge in [-0.15, -0.1) is 0 Å². The Morgan fingerprint density at radius 3 is 2.42 bits per heavy atom. The lowest BCUT2D eigenvalue weighted by molar-refractivity contribution is -0.135. The first kappa shape index (κ1) is 33.1. The molecule has 2 aromatic heterocycles. The molecule has 1 N–H and O–H groups in total. The number of aliphatic hydroxyl groups excluding tert-OH is 1. The molecule has 0 spiro atoms. The van der Waals surface area contributed by atoms with Crippen LogP contribution in [0.5, 0.6) is 0 Å². The van der Waals surface area contributed by atoms with Crippen LogP contribution in [0.3, 0.4) is 0 Å². The van der Waals surface area contributed by atoms with Crippen LogP contribution in [-0.2, 0) is 11.2 Å². The molecular weight excluding hydrogens is 569 g/mol. The zero-order chi connectivity index (χ0) is 32.4. The number of rotatable bonds is 10. The molecule has 8 nitrogen and oxygen atoms in total. The molecule has 0 radical (unpaired) electrons. The van der Waals surface area contributed by atoms with E-state index in [4.69, 9.17) is 0 Å². The molecule has 244 valence electrons. The van der Waals surface area contributed by atoms with Gasteiger partial charge in [0.1, 0.15) is 5.82 Å². The average Bonchev–Trinajstić information content (AvgIpc) is 3.60. The summed E-state index contributed by atoms with van der Waals surface area (Å²) in [5.41, 5.74) is 4.06. The summed E-state index contributed by atoms with van der Waals surface area (Å²) in [6, 6.07) is 4.21. The largest absolute Gasteiger partial charge is 0.392 e. The molecule has 5 rings (SSSR count). The third kappa shape index (κ3) is 7.41. The number of pyridine rings is 1. The van der Waals surface area contributed by atoms with E-state index in [1.807, 2.05) is 49.6 Å². The van der Waals surface area contributed by atoms with Gasteiger partial charge < -0.3 is 24.4 Å². The number of amides is 2.